The monoisotopic (exact) mass is 497 g/mol. The molecule has 0 aliphatic carbocycles. The molecule has 0 saturated carbocycles. The minimum atomic E-state index is -3.89. The zero-order valence-electron chi connectivity index (χ0n) is 18.9. The Morgan fingerprint density at radius 1 is 1.00 bits per heavy atom. The third-order valence-electron chi connectivity index (χ3n) is 5.67. The van der Waals surface area contributed by atoms with Gasteiger partial charge in [-0.05, 0) is 61.4 Å². The number of halogens is 1. The van der Waals surface area contributed by atoms with Gasteiger partial charge < -0.3 is 10.2 Å². The maximum Gasteiger partial charge on any atom is 0.264 e. The van der Waals surface area contributed by atoms with Crippen molar-refractivity contribution in [3.05, 3.63) is 88.4 Å². The van der Waals surface area contributed by atoms with E-state index in [1.807, 2.05) is 25.1 Å². The predicted octanol–water partition coefficient (Wildman–Crippen LogP) is 4.43. The van der Waals surface area contributed by atoms with Crippen LogP contribution in [0.4, 0.5) is 11.4 Å². The first-order valence-electron chi connectivity index (χ1n) is 10.6. The molecule has 0 aromatic heterocycles. The molecule has 1 aliphatic rings. The Balaban J connectivity index is 1.63. The number of anilines is 2. The lowest BCUT2D eigenvalue weighted by Gasteiger charge is -2.24. The number of rotatable bonds is 5. The van der Waals surface area contributed by atoms with Crippen LogP contribution in [0.15, 0.2) is 71.6 Å². The number of fused-ring (bicyclic) bond motifs is 1. The molecule has 9 heteroatoms. The first-order valence-corrected chi connectivity index (χ1v) is 12.5. The number of hydrogen-bond acceptors (Lipinski definition) is 4. The molecule has 176 valence electrons. The first kappa shape index (κ1) is 23.8. The molecule has 0 bridgehead atoms. The molecule has 3 aromatic rings. The van der Waals surface area contributed by atoms with E-state index in [0.29, 0.717) is 17.7 Å². The van der Waals surface area contributed by atoms with Crippen LogP contribution >= 0.6 is 11.6 Å². The molecule has 34 heavy (non-hydrogen) atoms. The quantitative estimate of drug-likeness (QED) is 0.564. The molecule has 1 N–H and O–H groups in total. The second kappa shape index (κ2) is 9.12. The molecule has 0 saturated heterocycles. The van der Waals surface area contributed by atoms with Gasteiger partial charge in [-0.2, -0.15) is 0 Å². The smallest absolute Gasteiger partial charge is 0.264 e. The van der Waals surface area contributed by atoms with E-state index in [1.165, 1.54) is 45.6 Å². The molecule has 0 spiro atoms. The third kappa shape index (κ3) is 4.38. The number of nitrogens with one attached hydrogen (secondary N) is 1. The van der Waals surface area contributed by atoms with Crippen molar-refractivity contribution in [2.24, 2.45) is 0 Å². The minimum Gasteiger partial charge on any atom is -0.345 e. The molecule has 0 fully saturated rings. The molecule has 4 rings (SSSR count). The fourth-order valence-electron chi connectivity index (χ4n) is 4.02. The Hall–Kier alpha value is -3.36. The normalized spacial score (nSPS) is 15.1. The number of sulfonamides is 1. The van der Waals surface area contributed by atoms with Crippen LogP contribution in [0.3, 0.4) is 0 Å². The van der Waals surface area contributed by atoms with Gasteiger partial charge in [-0.1, -0.05) is 35.9 Å². The van der Waals surface area contributed by atoms with Gasteiger partial charge in [0, 0.05) is 31.3 Å². The van der Waals surface area contributed by atoms with Gasteiger partial charge in [-0.15, -0.1) is 0 Å². The lowest BCUT2D eigenvalue weighted by atomic mass is 10.1. The summed E-state index contributed by atoms with van der Waals surface area (Å²) in [5.74, 6) is -0.774. The summed E-state index contributed by atoms with van der Waals surface area (Å²) in [4.78, 5) is 26.7. The lowest BCUT2D eigenvalue weighted by molar-refractivity contribution is 0.0827. The molecule has 0 radical (unpaired) electrons. The minimum absolute atomic E-state index is 0.0198. The van der Waals surface area contributed by atoms with E-state index in [4.69, 9.17) is 11.6 Å². The van der Waals surface area contributed by atoms with Gasteiger partial charge in [0.2, 0.25) is 0 Å². The molecule has 3 aromatic carbocycles. The van der Waals surface area contributed by atoms with Crippen molar-refractivity contribution in [3.8, 4) is 0 Å². The topological polar surface area (TPSA) is 86.8 Å². The fraction of sp³-hybridized carbons (Fsp3) is 0.200. The highest BCUT2D eigenvalue weighted by Crippen LogP contribution is 2.36. The van der Waals surface area contributed by atoms with Crippen molar-refractivity contribution in [3.63, 3.8) is 0 Å². The van der Waals surface area contributed by atoms with Crippen molar-refractivity contribution >= 4 is 44.8 Å². The molecule has 2 amide bonds. The predicted molar refractivity (Wildman–Crippen MR) is 133 cm³/mol. The van der Waals surface area contributed by atoms with Crippen molar-refractivity contribution in [2.45, 2.75) is 24.3 Å². The highest BCUT2D eigenvalue weighted by Gasteiger charge is 2.36. The summed E-state index contributed by atoms with van der Waals surface area (Å²) < 4.78 is 28.4. The maximum atomic E-state index is 13.5. The van der Waals surface area contributed by atoms with Crippen molar-refractivity contribution in [1.29, 1.82) is 0 Å². The van der Waals surface area contributed by atoms with Gasteiger partial charge in [0.1, 0.15) is 0 Å². The highest BCUT2D eigenvalue weighted by atomic mass is 35.5. The van der Waals surface area contributed by atoms with Crippen LogP contribution in [0.2, 0.25) is 5.02 Å². The highest BCUT2D eigenvalue weighted by molar-refractivity contribution is 7.92. The van der Waals surface area contributed by atoms with Gasteiger partial charge in [0.25, 0.3) is 21.8 Å². The Labute approximate surface area is 204 Å². The Bertz CT molecular complexity index is 1390. The van der Waals surface area contributed by atoms with E-state index in [2.05, 4.69) is 5.32 Å². The zero-order valence-corrected chi connectivity index (χ0v) is 20.5. The summed E-state index contributed by atoms with van der Waals surface area (Å²) in [6.07, 6.45) is 0.621. The van der Waals surface area contributed by atoms with Crippen LogP contribution < -0.4 is 9.62 Å². The Kier molecular flexibility index (Phi) is 6.38. The number of hydrogen-bond donors (Lipinski definition) is 1. The Morgan fingerprint density at radius 2 is 1.74 bits per heavy atom. The fourth-order valence-corrected chi connectivity index (χ4v) is 5.93. The van der Waals surface area contributed by atoms with E-state index in [1.54, 1.807) is 26.2 Å². The largest absolute Gasteiger partial charge is 0.345 e. The van der Waals surface area contributed by atoms with E-state index >= 15 is 0 Å². The lowest BCUT2D eigenvalue weighted by Crippen LogP contribution is -2.35. The van der Waals surface area contributed by atoms with Crippen LogP contribution in [-0.4, -0.2) is 45.3 Å². The van der Waals surface area contributed by atoms with Gasteiger partial charge in [0.05, 0.1) is 21.3 Å². The number of benzene rings is 3. The van der Waals surface area contributed by atoms with Crippen molar-refractivity contribution in [1.82, 2.24) is 4.90 Å². The molecular formula is C25H24ClN3O4S. The molecule has 7 nitrogen and oxygen atoms in total. The summed E-state index contributed by atoms with van der Waals surface area (Å²) in [6.45, 7) is 1.86. The van der Waals surface area contributed by atoms with E-state index in [9.17, 15) is 18.0 Å². The SMILES string of the molecule is CC1Cc2ccccc2N1S(=O)(=O)c1cccc(C(=O)Nc2cc(C(=O)N(C)C)ccc2Cl)c1. The number of nitrogens with zero attached hydrogens (tertiary/aromatic N) is 2. The molecule has 1 aliphatic heterocycles. The van der Waals surface area contributed by atoms with Crippen LogP contribution in [0.25, 0.3) is 0 Å². The average molecular weight is 498 g/mol. The summed E-state index contributed by atoms with van der Waals surface area (Å²) in [7, 11) is -0.637. The van der Waals surface area contributed by atoms with Gasteiger partial charge in [0.15, 0.2) is 0 Å². The summed E-state index contributed by atoms with van der Waals surface area (Å²) in [5.41, 5.74) is 2.40. The van der Waals surface area contributed by atoms with Crippen LogP contribution in [0.1, 0.15) is 33.2 Å². The second-order valence-electron chi connectivity index (χ2n) is 8.36. The van der Waals surface area contributed by atoms with Gasteiger partial charge in [-0.3, -0.25) is 13.9 Å². The van der Waals surface area contributed by atoms with E-state index < -0.39 is 15.9 Å². The van der Waals surface area contributed by atoms with E-state index in [0.717, 1.165) is 5.56 Å². The first-order chi connectivity index (χ1) is 16.1. The number of amides is 2. The summed E-state index contributed by atoms with van der Waals surface area (Å²) in [5, 5.41) is 2.94. The molecule has 1 unspecified atom stereocenters. The van der Waals surface area contributed by atoms with Crippen molar-refractivity contribution in [2.75, 3.05) is 23.7 Å². The van der Waals surface area contributed by atoms with Crippen LogP contribution in [-0.2, 0) is 16.4 Å². The molecular weight excluding hydrogens is 474 g/mol. The van der Waals surface area contributed by atoms with Crippen molar-refractivity contribution < 1.29 is 18.0 Å². The number of carbonyl (C=O) groups excluding carboxylic acids is 2. The van der Waals surface area contributed by atoms with Crippen LogP contribution in [0, 0.1) is 0 Å². The average Bonchev–Trinajstić information content (AvgIpc) is 3.16. The Morgan fingerprint density at radius 3 is 2.47 bits per heavy atom. The molecule has 1 heterocycles. The second-order valence-corrected chi connectivity index (χ2v) is 10.6. The maximum absolute atomic E-state index is 13.5. The van der Waals surface area contributed by atoms with E-state index in [-0.39, 0.29) is 33.1 Å². The van der Waals surface area contributed by atoms with Gasteiger partial charge in [-0.25, -0.2) is 8.42 Å². The standard InChI is InChI=1S/C25H24ClN3O4S/c1-16-13-17-7-4-5-10-23(17)29(16)34(32,33)20-9-6-8-18(14-20)24(30)27-22-15-19(11-12-21(22)26)25(31)28(2)3/h4-12,14-16H,13H2,1-3H3,(H,27,30). The number of carbonyl (C=O) groups is 2. The number of para-hydroxylation sites is 1. The summed E-state index contributed by atoms with van der Waals surface area (Å²) in [6, 6.07) is 17.6. The zero-order chi connectivity index (χ0) is 24.6. The summed E-state index contributed by atoms with van der Waals surface area (Å²) >= 11 is 6.22. The third-order valence-corrected chi connectivity index (χ3v) is 7.92. The molecule has 1 atom stereocenters. The van der Waals surface area contributed by atoms with Gasteiger partial charge >= 0.3 is 0 Å². The van der Waals surface area contributed by atoms with Crippen LogP contribution in [0.5, 0.6) is 0 Å².